The molecule has 0 spiro atoms. The van der Waals surface area contributed by atoms with Crippen LogP contribution < -0.4 is 0 Å². The van der Waals surface area contributed by atoms with Gasteiger partial charge in [0.25, 0.3) is 0 Å². The first-order chi connectivity index (χ1) is 18.2. The molecule has 0 aliphatic carbocycles. The van der Waals surface area contributed by atoms with Crippen molar-refractivity contribution in [2.24, 2.45) is 5.92 Å². The SMILES string of the molecule is CC1(c2ccc(O)cc2)CSc2cc(O)ccc2C1CCCCCCC(CCCC(F)(F)C(F)(F)F)C(=O)O. The number of benzene rings is 2. The Hall–Kier alpha value is -2.49. The number of phenols is 2. The van der Waals surface area contributed by atoms with Gasteiger partial charge in [0.15, 0.2) is 0 Å². The lowest BCUT2D eigenvalue weighted by atomic mass is 9.68. The van der Waals surface area contributed by atoms with E-state index < -0.39 is 36.8 Å². The molecule has 1 aliphatic heterocycles. The largest absolute Gasteiger partial charge is 0.508 e. The average Bonchev–Trinajstić information content (AvgIpc) is 2.85. The molecule has 0 saturated carbocycles. The van der Waals surface area contributed by atoms with Crippen molar-refractivity contribution in [1.29, 1.82) is 0 Å². The van der Waals surface area contributed by atoms with Gasteiger partial charge in [0.2, 0.25) is 0 Å². The van der Waals surface area contributed by atoms with Crippen molar-refractivity contribution >= 4 is 17.7 Å². The Labute approximate surface area is 229 Å². The molecular formula is C29H35F5O4S. The molecule has 0 aromatic heterocycles. The van der Waals surface area contributed by atoms with Gasteiger partial charge in [-0.25, -0.2) is 0 Å². The minimum atomic E-state index is -5.62. The molecule has 3 unspecified atom stereocenters. The molecule has 0 bridgehead atoms. The molecule has 39 heavy (non-hydrogen) atoms. The van der Waals surface area contributed by atoms with Crippen LogP contribution >= 0.6 is 11.8 Å². The molecule has 0 saturated heterocycles. The molecule has 1 aliphatic rings. The topological polar surface area (TPSA) is 77.8 Å². The van der Waals surface area contributed by atoms with Gasteiger partial charge in [0.1, 0.15) is 11.5 Å². The third kappa shape index (κ3) is 7.80. The van der Waals surface area contributed by atoms with Crippen molar-refractivity contribution in [1.82, 2.24) is 0 Å². The van der Waals surface area contributed by atoms with Crippen molar-refractivity contribution in [3.8, 4) is 11.5 Å². The second-order valence-corrected chi connectivity index (χ2v) is 11.7. The number of carboxylic acids is 1. The van der Waals surface area contributed by atoms with E-state index >= 15 is 0 Å². The fourth-order valence-electron chi connectivity index (χ4n) is 5.40. The quantitative estimate of drug-likeness (QED) is 0.165. The van der Waals surface area contributed by atoms with E-state index in [0.29, 0.717) is 6.42 Å². The zero-order chi connectivity index (χ0) is 28.8. The van der Waals surface area contributed by atoms with Gasteiger partial charge in [0, 0.05) is 22.5 Å². The van der Waals surface area contributed by atoms with E-state index in [-0.39, 0.29) is 35.7 Å². The molecule has 3 atom stereocenters. The third-order valence-corrected chi connectivity index (χ3v) is 9.21. The number of aliphatic carboxylic acids is 1. The summed E-state index contributed by atoms with van der Waals surface area (Å²) in [6.45, 7) is 2.20. The number of carboxylic acid groups (broad SMARTS) is 1. The van der Waals surface area contributed by atoms with Gasteiger partial charge >= 0.3 is 18.1 Å². The second-order valence-electron chi connectivity index (χ2n) is 10.6. The number of thioether (sulfide) groups is 1. The number of carbonyl (C=O) groups is 1. The molecule has 2 aromatic rings. The fraction of sp³-hybridized carbons (Fsp3) is 0.552. The maximum Gasteiger partial charge on any atom is 0.453 e. The van der Waals surface area contributed by atoms with Gasteiger partial charge < -0.3 is 15.3 Å². The highest BCUT2D eigenvalue weighted by Crippen LogP contribution is 2.52. The summed E-state index contributed by atoms with van der Waals surface area (Å²) in [6, 6.07) is 12.6. The van der Waals surface area contributed by atoms with Crippen LogP contribution in [0.4, 0.5) is 22.0 Å². The van der Waals surface area contributed by atoms with Gasteiger partial charge in [-0.2, -0.15) is 22.0 Å². The van der Waals surface area contributed by atoms with E-state index in [4.69, 9.17) is 0 Å². The summed E-state index contributed by atoms with van der Waals surface area (Å²) in [7, 11) is 0. The highest BCUT2D eigenvalue weighted by atomic mass is 32.2. The zero-order valence-corrected chi connectivity index (χ0v) is 22.6. The van der Waals surface area contributed by atoms with Gasteiger partial charge in [-0.3, -0.25) is 4.79 Å². The van der Waals surface area contributed by atoms with Crippen LogP contribution in [0, 0.1) is 5.92 Å². The highest BCUT2D eigenvalue weighted by Gasteiger charge is 2.56. The smallest absolute Gasteiger partial charge is 0.453 e. The first-order valence-corrected chi connectivity index (χ1v) is 14.2. The van der Waals surface area contributed by atoms with Crippen LogP contribution in [0.2, 0.25) is 0 Å². The van der Waals surface area contributed by atoms with Crippen molar-refractivity contribution in [2.75, 3.05) is 5.75 Å². The number of alkyl halides is 5. The summed E-state index contributed by atoms with van der Waals surface area (Å²) in [5, 5.41) is 29.1. The minimum absolute atomic E-state index is 0.154. The van der Waals surface area contributed by atoms with Crippen LogP contribution in [0.3, 0.4) is 0 Å². The molecule has 4 nitrogen and oxygen atoms in total. The fourth-order valence-corrected chi connectivity index (χ4v) is 6.81. The number of hydrogen-bond acceptors (Lipinski definition) is 4. The lowest BCUT2D eigenvalue weighted by molar-refractivity contribution is -0.284. The number of halogens is 5. The Morgan fingerprint density at radius 1 is 0.949 bits per heavy atom. The number of rotatable bonds is 13. The van der Waals surface area contributed by atoms with Crippen LogP contribution in [0.25, 0.3) is 0 Å². The normalized spacial score (nSPS) is 20.4. The maximum atomic E-state index is 13.1. The molecule has 1 heterocycles. The van der Waals surface area contributed by atoms with Gasteiger partial charge in [-0.05, 0) is 67.0 Å². The molecule has 3 N–H and O–H groups in total. The molecule has 0 fully saturated rings. The summed E-state index contributed by atoms with van der Waals surface area (Å²) in [6.07, 6.45) is -3.70. The lowest BCUT2D eigenvalue weighted by Gasteiger charge is -2.43. The van der Waals surface area contributed by atoms with E-state index in [1.54, 1.807) is 36.0 Å². The van der Waals surface area contributed by atoms with E-state index in [0.717, 1.165) is 47.5 Å². The average molecular weight is 575 g/mol. The van der Waals surface area contributed by atoms with Gasteiger partial charge in [0.05, 0.1) is 5.92 Å². The monoisotopic (exact) mass is 574 g/mol. The minimum Gasteiger partial charge on any atom is -0.508 e. The Bertz CT molecular complexity index is 1110. The van der Waals surface area contributed by atoms with Crippen molar-refractivity contribution in [2.45, 2.75) is 93.0 Å². The first-order valence-electron chi connectivity index (χ1n) is 13.2. The highest BCUT2D eigenvalue weighted by molar-refractivity contribution is 7.99. The molecular weight excluding hydrogens is 539 g/mol. The summed E-state index contributed by atoms with van der Waals surface area (Å²) in [4.78, 5) is 12.5. The first kappa shape index (κ1) is 31.0. The summed E-state index contributed by atoms with van der Waals surface area (Å²) < 4.78 is 63.3. The molecule has 0 radical (unpaired) electrons. The molecule has 3 rings (SSSR count). The summed E-state index contributed by atoms with van der Waals surface area (Å²) in [5.74, 6) is -5.56. The predicted molar refractivity (Wildman–Crippen MR) is 141 cm³/mol. The number of unbranched alkanes of at least 4 members (excludes halogenated alkanes) is 3. The molecule has 10 heteroatoms. The Balaban J connectivity index is 1.55. The van der Waals surface area contributed by atoms with Crippen LogP contribution in [-0.2, 0) is 10.2 Å². The van der Waals surface area contributed by atoms with Crippen LogP contribution in [0.1, 0.15) is 81.8 Å². The van der Waals surface area contributed by atoms with E-state index in [2.05, 4.69) is 6.92 Å². The lowest BCUT2D eigenvalue weighted by Crippen LogP contribution is -2.36. The maximum absolute atomic E-state index is 13.1. The summed E-state index contributed by atoms with van der Waals surface area (Å²) in [5.41, 5.74) is 2.05. The number of fused-ring (bicyclic) bond motifs is 1. The van der Waals surface area contributed by atoms with Gasteiger partial charge in [-0.15, -0.1) is 11.8 Å². The molecule has 216 valence electrons. The Kier molecular flexibility index (Phi) is 10.2. The number of aromatic hydroxyl groups is 2. The van der Waals surface area contributed by atoms with Crippen LogP contribution in [-0.4, -0.2) is 39.1 Å². The Morgan fingerprint density at radius 2 is 1.56 bits per heavy atom. The predicted octanol–water partition coefficient (Wildman–Crippen LogP) is 8.65. The Morgan fingerprint density at radius 3 is 2.21 bits per heavy atom. The summed E-state index contributed by atoms with van der Waals surface area (Å²) >= 11 is 1.69. The number of phenolic OH excluding ortho intramolecular Hbond substituents is 2. The molecule has 2 aromatic carbocycles. The van der Waals surface area contributed by atoms with E-state index in [1.807, 2.05) is 18.2 Å². The van der Waals surface area contributed by atoms with Crippen molar-refractivity contribution in [3.05, 3.63) is 53.6 Å². The number of hydrogen-bond donors (Lipinski definition) is 3. The van der Waals surface area contributed by atoms with Crippen molar-refractivity contribution < 1.29 is 42.1 Å². The van der Waals surface area contributed by atoms with Crippen LogP contribution in [0.5, 0.6) is 11.5 Å². The van der Waals surface area contributed by atoms with E-state index in [9.17, 15) is 42.1 Å². The molecule has 0 amide bonds. The second kappa shape index (κ2) is 12.8. The van der Waals surface area contributed by atoms with E-state index in [1.165, 1.54) is 0 Å². The van der Waals surface area contributed by atoms with Crippen LogP contribution in [0.15, 0.2) is 47.4 Å². The van der Waals surface area contributed by atoms with Crippen molar-refractivity contribution in [3.63, 3.8) is 0 Å². The zero-order valence-electron chi connectivity index (χ0n) is 21.8. The van der Waals surface area contributed by atoms with Gasteiger partial charge in [-0.1, -0.05) is 50.8 Å². The third-order valence-electron chi connectivity index (χ3n) is 7.80. The standard InChI is InChI=1S/C29H35F5O4S/c1-27(20-10-12-21(35)13-11-20)18-39-25-17-22(36)14-15-23(25)24(27)9-5-3-2-4-7-19(26(37)38)8-6-16-28(30,31)29(32,33)34/h10-15,17,19,24,35-36H,2-9,16,18H2,1H3,(H,37,38).